The SMILES string of the molecule is C[C@@H]1C[C@H]2[C@@H]3C[C@H](F)C4=CC(=O)CC[C@]4(C)C3=CC[C@]2(C)[C@@]1(O)C(=O)CBr. The normalized spacial score (nSPS) is 48.9. The van der Waals surface area contributed by atoms with Gasteiger partial charge in [-0.25, -0.2) is 4.39 Å². The predicted molar refractivity (Wildman–Crippen MR) is 105 cm³/mol. The van der Waals surface area contributed by atoms with Gasteiger partial charge in [0.25, 0.3) is 0 Å². The molecule has 4 aliphatic rings. The summed E-state index contributed by atoms with van der Waals surface area (Å²) in [4.78, 5) is 24.6. The average Bonchev–Trinajstić information content (AvgIpc) is 2.84. The number of halogens is 2. The van der Waals surface area contributed by atoms with Crippen molar-refractivity contribution >= 4 is 27.5 Å². The van der Waals surface area contributed by atoms with Crippen molar-refractivity contribution in [3.63, 3.8) is 0 Å². The van der Waals surface area contributed by atoms with E-state index in [1.165, 1.54) is 5.57 Å². The number of alkyl halides is 2. The maximum atomic E-state index is 15.2. The minimum Gasteiger partial charge on any atom is -0.381 e. The third kappa shape index (κ3) is 2.33. The molecule has 148 valence electrons. The summed E-state index contributed by atoms with van der Waals surface area (Å²) >= 11 is 3.24. The van der Waals surface area contributed by atoms with Crippen molar-refractivity contribution in [1.82, 2.24) is 0 Å². The number of hydrogen-bond donors (Lipinski definition) is 1. The van der Waals surface area contributed by atoms with Crippen LogP contribution in [0.5, 0.6) is 0 Å². The summed E-state index contributed by atoms with van der Waals surface area (Å²) in [5.41, 5.74) is -0.481. The molecule has 0 amide bonds. The van der Waals surface area contributed by atoms with Gasteiger partial charge in [-0.3, -0.25) is 9.59 Å². The van der Waals surface area contributed by atoms with Gasteiger partial charge < -0.3 is 5.11 Å². The Kier molecular flexibility index (Phi) is 4.40. The molecule has 0 aromatic heterocycles. The highest BCUT2D eigenvalue weighted by atomic mass is 79.9. The van der Waals surface area contributed by atoms with Crippen LogP contribution in [0.25, 0.3) is 0 Å². The van der Waals surface area contributed by atoms with Crippen molar-refractivity contribution in [2.45, 2.75) is 64.6 Å². The molecule has 0 saturated heterocycles. The van der Waals surface area contributed by atoms with E-state index in [0.717, 1.165) is 6.42 Å². The van der Waals surface area contributed by atoms with E-state index in [2.05, 4.69) is 28.9 Å². The van der Waals surface area contributed by atoms with Crippen LogP contribution in [0.15, 0.2) is 23.3 Å². The molecule has 0 radical (unpaired) electrons. The summed E-state index contributed by atoms with van der Waals surface area (Å²) in [6.45, 7) is 6.04. The molecule has 2 saturated carbocycles. The Bertz CT molecular complexity index is 774. The van der Waals surface area contributed by atoms with Crippen LogP contribution in [0, 0.1) is 28.6 Å². The third-order valence-corrected chi connectivity index (χ3v) is 8.96. The van der Waals surface area contributed by atoms with Crippen LogP contribution in [0.1, 0.15) is 52.9 Å². The highest BCUT2D eigenvalue weighted by Crippen LogP contribution is 2.67. The number of fused-ring (bicyclic) bond motifs is 5. The van der Waals surface area contributed by atoms with Crippen molar-refractivity contribution in [2.75, 3.05) is 5.33 Å². The maximum absolute atomic E-state index is 15.2. The Labute approximate surface area is 168 Å². The Hall–Kier alpha value is -0.810. The van der Waals surface area contributed by atoms with Gasteiger partial charge in [-0.15, -0.1) is 0 Å². The van der Waals surface area contributed by atoms with Gasteiger partial charge in [0.05, 0.1) is 5.33 Å². The lowest BCUT2D eigenvalue weighted by atomic mass is 9.50. The second-order valence-electron chi connectivity index (χ2n) is 9.56. The van der Waals surface area contributed by atoms with Crippen molar-refractivity contribution in [3.8, 4) is 0 Å². The number of carbonyl (C=O) groups is 2. The minimum absolute atomic E-state index is 0.0219. The summed E-state index contributed by atoms with van der Waals surface area (Å²) in [5, 5.41) is 11.6. The van der Waals surface area contributed by atoms with Crippen LogP contribution in [0.2, 0.25) is 0 Å². The standard InChI is InChI=1S/C22H28BrFO3/c1-12-8-16-14-10-18(24)17-9-13(25)4-6-20(17,2)15(14)5-7-21(16,3)22(12,27)19(26)11-23/h5,9,12,14,16,18,27H,4,6-8,10-11H2,1-3H3/t12-,14-,16+,18+,20-,21+,22+/m1/s1. The smallest absolute Gasteiger partial charge is 0.175 e. The fraction of sp³-hybridized carbons (Fsp3) is 0.727. The number of allylic oxidation sites excluding steroid dienone is 4. The Morgan fingerprint density at radius 3 is 2.70 bits per heavy atom. The Morgan fingerprint density at radius 1 is 1.33 bits per heavy atom. The van der Waals surface area contributed by atoms with E-state index < -0.39 is 22.6 Å². The second kappa shape index (κ2) is 6.09. The predicted octanol–water partition coefficient (Wildman–Crippen LogP) is 4.33. The van der Waals surface area contributed by atoms with E-state index in [1.807, 2.05) is 13.8 Å². The first kappa shape index (κ1) is 19.5. The average molecular weight is 439 g/mol. The van der Waals surface area contributed by atoms with Crippen molar-refractivity contribution in [3.05, 3.63) is 23.3 Å². The lowest BCUT2D eigenvalue weighted by molar-refractivity contribution is -0.155. The quantitative estimate of drug-likeness (QED) is 0.515. The van der Waals surface area contributed by atoms with Crippen LogP contribution in [-0.2, 0) is 9.59 Å². The van der Waals surface area contributed by atoms with Gasteiger partial charge in [0, 0.05) is 17.3 Å². The second-order valence-corrected chi connectivity index (χ2v) is 10.1. The van der Waals surface area contributed by atoms with Gasteiger partial charge >= 0.3 is 0 Å². The number of carbonyl (C=O) groups excluding carboxylic acids is 2. The molecular formula is C22H28BrFO3. The molecule has 0 spiro atoms. The molecule has 0 bridgehead atoms. The van der Waals surface area contributed by atoms with E-state index in [9.17, 15) is 14.7 Å². The Balaban J connectivity index is 1.81. The molecule has 0 heterocycles. The lowest BCUT2D eigenvalue weighted by Gasteiger charge is -2.55. The number of rotatable bonds is 2. The number of Topliss-reactive ketones (excluding diaryl/α,β-unsaturated/α-hetero) is 1. The zero-order valence-corrected chi connectivity index (χ0v) is 17.8. The highest BCUT2D eigenvalue weighted by molar-refractivity contribution is 9.09. The van der Waals surface area contributed by atoms with Crippen molar-refractivity contribution < 1.29 is 19.1 Å². The summed E-state index contributed by atoms with van der Waals surface area (Å²) < 4.78 is 15.2. The molecule has 5 heteroatoms. The zero-order valence-electron chi connectivity index (χ0n) is 16.2. The van der Waals surface area contributed by atoms with Crippen LogP contribution in [0.3, 0.4) is 0 Å². The van der Waals surface area contributed by atoms with Gasteiger partial charge in [0.1, 0.15) is 11.8 Å². The topological polar surface area (TPSA) is 54.4 Å². The van der Waals surface area contributed by atoms with E-state index in [0.29, 0.717) is 31.3 Å². The third-order valence-electron chi connectivity index (χ3n) is 8.45. The molecule has 0 aromatic carbocycles. The summed E-state index contributed by atoms with van der Waals surface area (Å²) in [7, 11) is 0. The molecule has 4 aliphatic carbocycles. The van der Waals surface area contributed by atoms with E-state index in [1.54, 1.807) is 6.08 Å². The first-order chi connectivity index (χ1) is 12.6. The molecule has 4 rings (SSSR count). The number of hydrogen-bond acceptors (Lipinski definition) is 3. The van der Waals surface area contributed by atoms with Crippen molar-refractivity contribution in [1.29, 1.82) is 0 Å². The molecule has 7 atom stereocenters. The first-order valence-corrected chi connectivity index (χ1v) is 11.1. The molecule has 1 N–H and O–H groups in total. The van der Waals surface area contributed by atoms with Crippen molar-refractivity contribution in [2.24, 2.45) is 28.6 Å². The lowest BCUT2D eigenvalue weighted by Crippen LogP contribution is -2.57. The molecule has 0 unspecified atom stereocenters. The van der Waals surface area contributed by atoms with Gasteiger partial charge in [-0.2, -0.15) is 0 Å². The Morgan fingerprint density at radius 2 is 2.04 bits per heavy atom. The van der Waals surface area contributed by atoms with Gasteiger partial charge in [-0.05, 0) is 55.1 Å². The fourth-order valence-corrected chi connectivity index (χ4v) is 7.33. The first-order valence-electron chi connectivity index (χ1n) is 10.0. The monoisotopic (exact) mass is 438 g/mol. The van der Waals surface area contributed by atoms with E-state index in [4.69, 9.17) is 0 Å². The molecule has 0 aliphatic heterocycles. The van der Waals surface area contributed by atoms with Gasteiger partial charge in [0.15, 0.2) is 11.6 Å². The fourth-order valence-electron chi connectivity index (χ4n) is 6.90. The van der Waals surface area contributed by atoms with Gasteiger partial charge in [-0.1, -0.05) is 48.4 Å². The largest absolute Gasteiger partial charge is 0.381 e. The molecular weight excluding hydrogens is 411 g/mol. The number of aliphatic hydroxyl groups is 1. The summed E-state index contributed by atoms with van der Waals surface area (Å²) in [6.07, 6.45) is 5.41. The number of ketones is 2. The van der Waals surface area contributed by atoms with Crippen LogP contribution in [-0.4, -0.2) is 33.8 Å². The van der Waals surface area contributed by atoms with Crippen LogP contribution < -0.4 is 0 Å². The summed E-state index contributed by atoms with van der Waals surface area (Å²) in [6, 6.07) is 0. The maximum Gasteiger partial charge on any atom is 0.175 e. The van der Waals surface area contributed by atoms with E-state index in [-0.39, 0.29) is 34.7 Å². The highest BCUT2D eigenvalue weighted by Gasteiger charge is 2.67. The van der Waals surface area contributed by atoms with Crippen LogP contribution in [0.4, 0.5) is 4.39 Å². The molecule has 0 aromatic rings. The van der Waals surface area contributed by atoms with E-state index >= 15 is 4.39 Å². The summed E-state index contributed by atoms with van der Waals surface area (Å²) in [5.74, 6) is -0.194. The van der Waals surface area contributed by atoms with Crippen LogP contribution >= 0.6 is 15.9 Å². The van der Waals surface area contributed by atoms with Gasteiger partial charge in [0.2, 0.25) is 0 Å². The minimum atomic E-state index is -1.38. The molecule has 27 heavy (non-hydrogen) atoms. The molecule has 2 fully saturated rings. The zero-order chi connectivity index (χ0) is 19.8. The molecule has 3 nitrogen and oxygen atoms in total.